The Kier molecular flexibility index (Phi) is 2.28. The fourth-order valence-corrected chi connectivity index (χ4v) is 3.32. The lowest BCUT2D eigenvalue weighted by Gasteiger charge is -2.43. The summed E-state index contributed by atoms with van der Waals surface area (Å²) in [5.74, 6) is -1.27. The van der Waals surface area contributed by atoms with Crippen LogP contribution in [0, 0.1) is 33.5 Å². The van der Waals surface area contributed by atoms with E-state index in [1.165, 1.54) is 0 Å². The molecule has 0 radical (unpaired) electrons. The summed E-state index contributed by atoms with van der Waals surface area (Å²) in [7, 11) is 0. The molecule has 6 heteroatoms. The van der Waals surface area contributed by atoms with Gasteiger partial charge in [0.05, 0.1) is 25.4 Å². The van der Waals surface area contributed by atoms with E-state index in [1.807, 2.05) is 13.0 Å². The molecule has 6 nitrogen and oxygen atoms in total. The second-order valence-electron chi connectivity index (χ2n) is 5.24. The van der Waals surface area contributed by atoms with Crippen molar-refractivity contribution >= 4 is 5.84 Å². The number of ether oxygens (including phenoxy) is 2. The Morgan fingerprint density at radius 3 is 2.58 bits per heavy atom. The molecule has 0 amide bonds. The largest absolute Gasteiger partial charge is 0.386 e. The van der Waals surface area contributed by atoms with Gasteiger partial charge in [0.2, 0.25) is 0 Å². The van der Waals surface area contributed by atoms with E-state index in [2.05, 4.69) is 17.1 Å². The Bertz CT molecular complexity index is 576. The van der Waals surface area contributed by atoms with Gasteiger partial charge in [0.15, 0.2) is 5.41 Å². The van der Waals surface area contributed by atoms with Crippen molar-refractivity contribution in [1.82, 2.24) is 0 Å². The standard InChI is InChI=1S/C13H14N4O2/c1-9-2-3-12(8-15)11(6-9,7-14)10(16)17-13(12)18-4-5-19-13/h2H,3-6H2,1H3,(H2,16,17)/t11-,12+/m1/s1. The smallest absolute Gasteiger partial charge is 0.293 e. The first-order valence-electron chi connectivity index (χ1n) is 6.18. The first kappa shape index (κ1) is 12.2. The van der Waals surface area contributed by atoms with Crippen LogP contribution in [0.3, 0.4) is 0 Å². The number of fused-ring (bicyclic) bond motifs is 2. The molecule has 0 unspecified atom stereocenters. The van der Waals surface area contributed by atoms with E-state index in [0.29, 0.717) is 26.1 Å². The molecule has 3 aliphatic rings. The number of aliphatic imine (C=N–C) groups is 1. The molecule has 1 aliphatic carbocycles. The summed E-state index contributed by atoms with van der Waals surface area (Å²) >= 11 is 0. The van der Waals surface area contributed by atoms with Crippen LogP contribution in [0.1, 0.15) is 19.8 Å². The second-order valence-corrected chi connectivity index (χ2v) is 5.24. The number of hydrogen-bond acceptors (Lipinski definition) is 6. The van der Waals surface area contributed by atoms with Gasteiger partial charge in [-0.15, -0.1) is 0 Å². The van der Waals surface area contributed by atoms with E-state index in [4.69, 9.17) is 15.2 Å². The average molecular weight is 258 g/mol. The van der Waals surface area contributed by atoms with E-state index in [-0.39, 0.29) is 5.84 Å². The molecule has 0 aromatic heterocycles. The SMILES string of the molecule is CC1=CC[C@@]2(C#N)C3(N=C(N)[C@]2(C#N)C1)OCCO3. The molecule has 0 aromatic carbocycles. The second kappa shape index (κ2) is 3.57. The molecule has 0 saturated carbocycles. The van der Waals surface area contributed by atoms with Gasteiger partial charge in [0, 0.05) is 0 Å². The molecule has 3 rings (SSSR count). The van der Waals surface area contributed by atoms with Crippen molar-refractivity contribution in [2.75, 3.05) is 13.2 Å². The summed E-state index contributed by atoms with van der Waals surface area (Å²) in [6.07, 6.45) is 2.69. The molecule has 19 heavy (non-hydrogen) atoms. The molecule has 1 fully saturated rings. The van der Waals surface area contributed by atoms with Crippen LogP contribution in [0.5, 0.6) is 0 Å². The number of hydrogen-bond donors (Lipinski definition) is 1. The molecule has 2 aliphatic heterocycles. The Morgan fingerprint density at radius 1 is 1.32 bits per heavy atom. The third-order valence-electron chi connectivity index (χ3n) is 4.33. The van der Waals surface area contributed by atoms with Crippen LogP contribution in [-0.4, -0.2) is 25.0 Å². The first-order chi connectivity index (χ1) is 9.06. The lowest BCUT2D eigenvalue weighted by Crippen LogP contribution is -2.56. The zero-order valence-corrected chi connectivity index (χ0v) is 10.6. The Hall–Kier alpha value is -1.89. The van der Waals surface area contributed by atoms with Crippen LogP contribution >= 0.6 is 0 Å². The summed E-state index contributed by atoms with van der Waals surface area (Å²) < 4.78 is 11.2. The number of nitrogens with two attached hydrogens (primary N) is 1. The maximum Gasteiger partial charge on any atom is 0.293 e. The van der Waals surface area contributed by atoms with Gasteiger partial charge >= 0.3 is 0 Å². The molecule has 1 spiro atoms. The lowest BCUT2D eigenvalue weighted by atomic mass is 9.57. The number of nitrogens with zero attached hydrogens (tertiary/aromatic N) is 3. The molecule has 2 atom stereocenters. The van der Waals surface area contributed by atoms with Crippen molar-refractivity contribution in [3.8, 4) is 12.1 Å². The zero-order valence-electron chi connectivity index (χ0n) is 10.6. The van der Waals surface area contributed by atoms with Crippen molar-refractivity contribution in [3.63, 3.8) is 0 Å². The zero-order chi connectivity index (χ0) is 13.7. The predicted octanol–water partition coefficient (Wildman–Crippen LogP) is 0.818. The van der Waals surface area contributed by atoms with Crippen molar-refractivity contribution in [3.05, 3.63) is 11.6 Å². The first-order valence-corrected chi connectivity index (χ1v) is 6.18. The third-order valence-corrected chi connectivity index (χ3v) is 4.33. The monoisotopic (exact) mass is 258 g/mol. The Morgan fingerprint density at radius 2 is 2.00 bits per heavy atom. The van der Waals surface area contributed by atoms with E-state index in [0.717, 1.165) is 5.57 Å². The summed E-state index contributed by atoms with van der Waals surface area (Å²) in [6.45, 7) is 2.63. The summed E-state index contributed by atoms with van der Waals surface area (Å²) in [6, 6.07) is 4.47. The van der Waals surface area contributed by atoms with Crippen molar-refractivity contribution < 1.29 is 9.47 Å². The number of amidine groups is 1. The van der Waals surface area contributed by atoms with Crippen LogP contribution in [-0.2, 0) is 9.47 Å². The van der Waals surface area contributed by atoms with Gasteiger partial charge in [-0.2, -0.15) is 10.5 Å². The minimum Gasteiger partial charge on any atom is -0.386 e. The summed E-state index contributed by atoms with van der Waals surface area (Å²) in [4.78, 5) is 4.26. The minimum absolute atomic E-state index is 0.144. The van der Waals surface area contributed by atoms with E-state index in [1.54, 1.807) is 0 Å². The van der Waals surface area contributed by atoms with E-state index in [9.17, 15) is 10.5 Å². The van der Waals surface area contributed by atoms with Gasteiger partial charge in [0.1, 0.15) is 11.3 Å². The fourth-order valence-electron chi connectivity index (χ4n) is 3.32. The highest BCUT2D eigenvalue weighted by Gasteiger charge is 2.74. The molecule has 1 saturated heterocycles. The molecule has 2 N–H and O–H groups in total. The topological polar surface area (TPSA) is 104 Å². The van der Waals surface area contributed by atoms with Gasteiger partial charge in [-0.25, -0.2) is 4.99 Å². The van der Waals surface area contributed by atoms with Crippen LogP contribution in [0.15, 0.2) is 16.6 Å². The Labute approximate surface area is 111 Å². The number of allylic oxidation sites excluding steroid dienone is 2. The quantitative estimate of drug-likeness (QED) is 0.647. The average Bonchev–Trinajstić information content (AvgIpc) is 2.95. The minimum atomic E-state index is -1.42. The highest BCUT2D eigenvalue weighted by molar-refractivity contribution is 5.94. The van der Waals surface area contributed by atoms with Crippen LogP contribution in [0.4, 0.5) is 0 Å². The molecular weight excluding hydrogens is 244 g/mol. The van der Waals surface area contributed by atoms with Crippen molar-refractivity contribution in [1.29, 1.82) is 10.5 Å². The molecule has 0 bridgehead atoms. The predicted molar refractivity (Wildman–Crippen MR) is 65.3 cm³/mol. The van der Waals surface area contributed by atoms with Crippen LogP contribution in [0.2, 0.25) is 0 Å². The lowest BCUT2D eigenvalue weighted by molar-refractivity contribution is -0.220. The summed E-state index contributed by atoms with van der Waals surface area (Å²) in [5.41, 5.74) is 4.67. The van der Waals surface area contributed by atoms with Gasteiger partial charge in [-0.05, 0) is 19.8 Å². The Balaban J connectivity index is 2.26. The van der Waals surface area contributed by atoms with Crippen molar-refractivity contribution in [2.24, 2.45) is 21.6 Å². The van der Waals surface area contributed by atoms with Gasteiger partial charge < -0.3 is 15.2 Å². The molecule has 2 heterocycles. The van der Waals surface area contributed by atoms with Crippen molar-refractivity contribution in [2.45, 2.75) is 25.7 Å². The van der Waals surface area contributed by atoms with E-state index < -0.39 is 16.7 Å². The number of rotatable bonds is 0. The molecular formula is C13H14N4O2. The summed E-state index contributed by atoms with van der Waals surface area (Å²) in [5, 5.41) is 19.4. The van der Waals surface area contributed by atoms with Gasteiger partial charge in [-0.1, -0.05) is 11.6 Å². The van der Waals surface area contributed by atoms with Crippen LogP contribution in [0.25, 0.3) is 0 Å². The number of nitriles is 2. The molecule has 98 valence electrons. The molecule has 0 aromatic rings. The highest BCUT2D eigenvalue weighted by atomic mass is 16.8. The van der Waals surface area contributed by atoms with E-state index >= 15 is 0 Å². The van der Waals surface area contributed by atoms with Gasteiger partial charge in [0.25, 0.3) is 5.91 Å². The highest BCUT2D eigenvalue weighted by Crippen LogP contribution is 2.62. The maximum atomic E-state index is 9.76. The maximum absolute atomic E-state index is 9.76. The van der Waals surface area contributed by atoms with Crippen LogP contribution < -0.4 is 5.73 Å². The third kappa shape index (κ3) is 1.14. The fraction of sp³-hybridized carbons (Fsp3) is 0.615. The van der Waals surface area contributed by atoms with Gasteiger partial charge in [-0.3, -0.25) is 0 Å². The normalized spacial score (nSPS) is 39.1.